The first-order chi connectivity index (χ1) is 9.54. The zero-order valence-corrected chi connectivity index (χ0v) is 11.5. The van der Waals surface area contributed by atoms with Crippen molar-refractivity contribution in [2.24, 2.45) is 5.73 Å². The number of nitrogens with two attached hydrogens (primary N) is 1. The van der Waals surface area contributed by atoms with Crippen molar-refractivity contribution in [3.8, 4) is 5.75 Å². The maximum atomic E-state index is 12.1. The summed E-state index contributed by atoms with van der Waals surface area (Å²) in [6, 6.07) is 6.72. The fourth-order valence-corrected chi connectivity index (χ4v) is 2.23. The van der Waals surface area contributed by atoms with Gasteiger partial charge in [0.1, 0.15) is 5.75 Å². The Morgan fingerprint density at radius 1 is 1.40 bits per heavy atom. The van der Waals surface area contributed by atoms with Gasteiger partial charge in [-0.1, -0.05) is 12.1 Å². The Hall–Kier alpha value is -1.24. The quantitative estimate of drug-likeness (QED) is 0.897. The average molecular weight is 286 g/mol. The molecule has 2 N–H and O–H groups in total. The highest BCUT2D eigenvalue weighted by atomic mass is 19.3. The second kappa shape index (κ2) is 6.97. The molecule has 112 valence electrons. The Balaban J connectivity index is 1.89. The van der Waals surface area contributed by atoms with Crippen LogP contribution in [0, 0.1) is 0 Å². The van der Waals surface area contributed by atoms with E-state index in [2.05, 4.69) is 9.64 Å². The van der Waals surface area contributed by atoms with Crippen molar-refractivity contribution in [2.75, 3.05) is 19.7 Å². The number of alkyl halides is 2. The van der Waals surface area contributed by atoms with Crippen molar-refractivity contribution in [1.29, 1.82) is 0 Å². The number of morpholine rings is 1. The van der Waals surface area contributed by atoms with E-state index in [-0.39, 0.29) is 17.9 Å². The van der Waals surface area contributed by atoms with E-state index in [0.29, 0.717) is 6.61 Å². The number of rotatable bonds is 5. The molecule has 0 radical (unpaired) electrons. The molecule has 1 heterocycles. The molecule has 1 aliphatic heterocycles. The highest BCUT2D eigenvalue weighted by Crippen LogP contribution is 2.17. The molecule has 1 fully saturated rings. The molecule has 2 atom stereocenters. The van der Waals surface area contributed by atoms with Crippen LogP contribution in [-0.4, -0.2) is 43.4 Å². The third-order valence-corrected chi connectivity index (χ3v) is 3.32. The molecule has 0 aliphatic carbocycles. The molecule has 20 heavy (non-hydrogen) atoms. The summed E-state index contributed by atoms with van der Waals surface area (Å²) in [4.78, 5) is 2.25. The largest absolute Gasteiger partial charge is 0.435 e. The fourth-order valence-electron chi connectivity index (χ4n) is 2.23. The van der Waals surface area contributed by atoms with Gasteiger partial charge in [0.25, 0.3) is 0 Å². The Bertz CT molecular complexity index is 412. The van der Waals surface area contributed by atoms with Gasteiger partial charge in [-0.25, -0.2) is 0 Å². The molecule has 0 aromatic heterocycles. The number of hydrogen-bond acceptors (Lipinski definition) is 4. The third-order valence-electron chi connectivity index (χ3n) is 3.32. The van der Waals surface area contributed by atoms with Gasteiger partial charge >= 0.3 is 6.61 Å². The van der Waals surface area contributed by atoms with Crippen LogP contribution in [0.15, 0.2) is 24.3 Å². The maximum absolute atomic E-state index is 12.1. The average Bonchev–Trinajstić information content (AvgIpc) is 2.41. The Morgan fingerprint density at radius 3 is 2.70 bits per heavy atom. The second-order valence-electron chi connectivity index (χ2n) is 5.03. The number of ether oxygens (including phenoxy) is 2. The van der Waals surface area contributed by atoms with Crippen LogP contribution in [0.25, 0.3) is 0 Å². The summed E-state index contributed by atoms with van der Waals surface area (Å²) in [6.07, 6.45) is 0.0465. The molecule has 0 saturated carbocycles. The number of halogens is 2. The molecule has 2 rings (SSSR count). The van der Waals surface area contributed by atoms with Crippen molar-refractivity contribution in [3.05, 3.63) is 29.8 Å². The van der Waals surface area contributed by atoms with E-state index in [4.69, 9.17) is 10.5 Å². The first-order valence-electron chi connectivity index (χ1n) is 6.68. The molecule has 2 unspecified atom stereocenters. The summed E-state index contributed by atoms with van der Waals surface area (Å²) in [5.41, 5.74) is 6.90. The molecule has 4 nitrogen and oxygen atoms in total. The van der Waals surface area contributed by atoms with Crippen LogP contribution in [0.4, 0.5) is 8.78 Å². The summed E-state index contributed by atoms with van der Waals surface area (Å²) < 4.78 is 34.0. The second-order valence-corrected chi connectivity index (χ2v) is 5.03. The van der Waals surface area contributed by atoms with Gasteiger partial charge in [0.05, 0.1) is 12.7 Å². The monoisotopic (exact) mass is 286 g/mol. The lowest BCUT2D eigenvalue weighted by molar-refractivity contribution is -0.0499. The minimum atomic E-state index is -2.79. The predicted octanol–water partition coefficient (Wildman–Crippen LogP) is 1.84. The summed E-state index contributed by atoms with van der Waals surface area (Å²) >= 11 is 0. The fraction of sp³-hybridized carbons (Fsp3) is 0.571. The molecule has 1 aromatic rings. The van der Waals surface area contributed by atoms with Crippen LogP contribution in [-0.2, 0) is 11.3 Å². The molecular weight excluding hydrogens is 266 g/mol. The topological polar surface area (TPSA) is 47.7 Å². The minimum absolute atomic E-state index is 0.000354. The molecular formula is C14H20F2N2O2. The molecule has 0 amide bonds. The van der Waals surface area contributed by atoms with E-state index in [1.165, 1.54) is 0 Å². The van der Waals surface area contributed by atoms with Gasteiger partial charge in [0, 0.05) is 25.7 Å². The molecule has 0 bridgehead atoms. The van der Waals surface area contributed by atoms with Crippen molar-refractivity contribution in [3.63, 3.8) is 0 Å². The van der Waals surface area contributed by atoms with Gasteiger partial charge in [0.2, 0.25) is 0 Å². The molecule has 0 spiro atoms. The Kier molecular flexibility index (Phi) is 5.28. The van der Waals surface area contributed by atoms with Gasteiger partial charge in [-0.2, -0.15) is 8.78 Å². The third kappa shape index (κ3) is 4.40. The van der Waals surface area contributed by atoms with Crippen LogP contribution in [0.1, 0.15) is 12.5 Å². The molecule has 1 saturated heterocycles. The van der Waals surface area contributed by atoms with E-state index in [1.807, 2.05) is 6.92 Å². The number of hydrogen-bond donors (Lipinski definition) is 1. The standard InChI is InChI=1S/C14H20F2N2O2/c1-10(17)13-9-18(6-7-19-13)8-11-2-4-12(5-3-11)20-14(15)16/h2-5,10,13-14H,6-9,17H2,1H3. The summed E-state index contributed by atoms with van der Waals surface area (Å²) in [7, 11) is 0. The smallest absolute Gasteiger partial charge is 0.387 e. The zero-order valence-electron chi connectivity index (χ0n) is 11.5. The van der Waals surface area contributed by atoms with Crippen LogP contribution >= 0.6 is 0 Å². The predicted molar refractivity (Wildman–Crippen MR) is 71.7 cm³/mol. The Labute approximate surface area is 117 Å². The first-order valence-corrected chi connectivity index (χ1v) is 6.68. The lowest BCUT2D eigenvalue weighted by Gasteiger charge is -2.34. The van der Waals surface area contributed by atoms with Crippen LogP contribution in [0.5, 0.6) is 5.75 Å². The number of nitrogens with zero attached hydrogens (tertiary/aromatic N) is 1. The van der Waals surface area contributed by atoms with Crippen LogP contribution < -0.4 is 10.5 Å². The van der Waals surface area contributed by atoms with E-state index >= 15 is 0 Å². The van der Waals surface area contributed by atoms with Gasteiger partial charge in [-0.15, -0.1) is 0 Å². The molecule has 6 heteroatoms. The summed E-state index contributed by atoms with van der Waals surface area (Å²) in [5, 5.41) is 0. The van der Waals surface area contributed by atoms with Crippen molar-refractivity contribution in [1.82, 2.24) is 4.90 Å². The van der Waals surface area contributed by atoms with Crippen molar-refractivity contribution < 1.29 is 18.3 Å². The highest BCUT2D eigenvalue weighted by molar-refractivity contribution is 5.27. The number of benzene rings is 1. The van der Waals surface area contributed by atoms with Crippen LogP contribution in [0.2, 0.25) is 0 Å². The summed E-state index contributed by atoms with van der Waals surface area (Å²) in [6.45, 7) is 2.20. The lowest BCUT2D eigenvalue weighted by atomic mass is 10.1. The minimum Gasteiger partial charge on any atom is -0.435 e. The first kappa shape index (κ1) is 15.2. The van der Waals surface area contributed by atoms with Gasteiger partial charge in [-0.3, -0.25) is 4.90 Å². The SMILES string of the molecule is CC(N)C1CN(Cc2ccc(OC(F)F)cc2)CCO1. The maximum Gasteiger partial charge on any atom is 0.387 e. The van der Waals surface area contributed by atoms with Gasteiger partial charge in [-0.05, 0) is 24.6 Å². The Morgan fingerprint density at radius 2 is 2.10 bits per heavy atom. The summed E-state index contributed by atoms with van der Waals surface area (Å²) in [5.74, 6) is 0.180. The normalized spacial score (nSPS) is 21.9. The van der Waals surface area contributed by atoms with E-state index < -0.39 is 6.61 Å². The lowest BCUT2D eigenvalue weighted by Crippen LogP contribution is -2.49. The van der Waals surface area contributed by atoms with Crippen LogP contribution in [0.3, 0.4) is 0 Å². The highest BCUT2D eigenvalue weighted by Gasteiger charge is 2.23. The van der Waals surface area contributed by atoms with Gasteiger partial charge < -0.3 is 15.2 Å². The molecule has 1 aliphatic rings. The molecule has 1 aromatic carbocycles. The van der Waals surface area contributed by atoms with Crippen molar-refractivity contribution >= 4 is 0 Å². The van der Waals surface area contributed by atoms with E-state index in [1.54, 1.807) is 24.3 Å². The zero-order chi connectivity index (χ0) is 14.5. The van der Waals surface area contributed by atoms with E-state index in [9.17, 15) is 8.78 Å². The van der Waals surface area contributed by atoms with Crippen molar-refractivity contribution in [2.45, 2.75) is 32.2 Å². The van der Waals surface area contributed by atoms with Gasteiger partial charge in [0.15, 0.2) is 0 Å². The van der Waals surface area contributed by atoms with E-state index in [0.717, 1.165) is 25.2 Å².